The first kappa shape index (κ1) is 11.4. The standard InChI is InChI=1S/C19H18N2/c1-12-6-5-8-15-11-18-17-10-14-7-3-4-9-16(14)20(17)13(2)21(18)19(12)15/h3-9,13H,10-11H2,1-2H3. The summed E-state index contributed by atoms with van der Waals surface area (Å²) in [6, 6.07) is 15.5. The van der Waals surface area contributed by atoms with Gasteiger partial charge in [-0.05, 0) is 36.6 Å². The lowest BCUT2D eigenvalue weighted by Crippen LogP contribution is -2.36. The molecule has 3 aliphatic heterocycles. The van der Waals surface area contributed by atoms with Crippen molar-refractivity contribution in [1.82, 2.24) is 0 Å². The normalized spacial score (nSPS) is 21.5. The van der Waals surface area contributed by atoms with Gasteiger partial charge in [0.05, 0.1) is 0 Å². The van der Waals surface area contributed by atoms with Gasteiger partial charge >= 0.3 is 0 Å². The number of hydrogen-bond donors (Lipinski definition) is 0. The first-order valence-electron chi connectivity index (χ1n) is 7.72. The summed E-state index contributed by atoms with van der Waals surface area (Å²) in [5.41, 5.74) is 10.2. The molecule has 5 rings (SSSR count). The molecule has 0 saturated heterocycles. The molecule has 2 heteroatoms. The number of fused-ring (bicyclic) bond motifs is 6. The molecule has 21 heavy (non-hydrogen) atoms. The van der Waals surface area contributed by atoms with Gasteiger partial charge in [0.15, 0.2) is 0 Å². The Bertz CT molecular complexity index is 803. The highest BCUT2D eigenvalue weighted by molar-refractivity contribution is 5.79. The van der Waals surface area contributed by atoms with Gasteiger partial charge in [-0.1, -0.05) is 36.4 Å². The summed E-state index contributed by atoms with van der Waals surface area (Å²) in [5, 5.41) is 0. The highest BCUT2D eigenvalue weighted by Crippen LogP contribution is 2.50. The Morgan fingerprint density at radius 1 is 0.857 bits per heavy atom. The van der Waals surface area contributed by atoms with Crippen molar-refractivity contribution in [1.29, 1.82) is 0 Å². The summed E-state index contributed by atoms with van der Waals surface area (Å²) in [5.74, 6) is 0. The van der Waals surface area contributed by atoms with Crippen LogP contribution in [0.15, 0.2) is 53.9 Å². The molecule has 0 bridgehead atoms. The maximum Gasteiger partial charge on any atom is 0.108 e. The monoisotopic (exact) mass is 274 g/mol. The lowest BCUT2D eigenvalue weighted by atomic mass is 10.1. The first-order chi connectivity index (χ1) is 10.3. The summed E-state index contributed by atoms with van der Waals surface area (Å²) in [4.78, 5) is 5.11. The van der Waals surface area contributed by atoms with Gasteiger partial charge in [0.25, 0.3) is 0 Å². The Morgan fingerprint density at radius 2 is 1.57 bits per heavy atom. The molecular formula is C19H18N2. The molecule has 2 nitrogen and oxygen atoms in total. The second-order valence-corrected chi connectivity index (χ2v) is 6.33. The van der Waals surface area contributed by atoms with Crippen molar-refractivity contribution in [2.24, 2.45) is 0 Å². The molecule has 2 aromatic rings. The lowest BCUT2D eigenvalue weighted by molar-refractivity contribution is 0.739. The van der Waals surface area contributed by atoms with Gasteiger partial charge in [-0.3, -0.25) is 0 Å². The van der Waals surface area contributed by atoms with E-state index in [0.29, 0.717) is 6.17 Å². The average molecular weight is 274 g/mol. The number of anilines is 2. The predicted molar refractivity (Wildman–Crippen MR) is 86.5 cm³/mol. The third-order valence-corrected chi connectivity index (χ3v) is 5.19. The van der Waals surface area contributed by atoms with E-state index < -0.39 is 0 Å². The van der Waals surface area contributed by atoms with E-state index in [1.165, 1.54) is 39.5 Å². The Hall–Kier alpha value is -2.22. The van der Waals surface area contributed by atoms with Crippen molar-refractivity contribution in [3.63, 3.8) is 0 Å². The topological polar surface area (TPSA) is 6.48 Å². The van der Waals surface area contributed by atoms with Gasteiger partial charge in [-0.2, -0.15) is 0 Å². The van der Waals surface area contributed by atoms with E-state index in [1.54, 1.807) is 0 Å². The summed E-state index contributed by atoms with van der Waals surface area (Å²) < 4.78 is 0. The number of para-hydroxylation sites is 2. The van der Waals surface area contributed by atoms with Gasteiger partial charge in [0.2, 0.25) is 0 Å². The molecule has 0 N–H and O–H groups in total. The van der Waals surface area contributed by atoms with E-state index in [9.17, 15) is 0 Å². The number of hydrogen-bond acceptors (Lipinski definition) is 2. The molecule has 0 spiro atoms. The average Bonchev–Trinajstić information content (AvgIpc) is 3.11. The molecule has 104 valence electrons. The Morgan fingerprint density at radius 3 is 2.48 bits per heavy atom. The van der Waals surface area contributed by atoms with E-state index in [-0.39, 0.29) is 0 Å². The molecule has 0 fully saturated rings. The minimum Gasteiger partial charge on any atom is -0.322 e. The summed E-state index contributed by atoms with van der Waals surface area (Å²) in [6.07, 6.45) is 2.56. The van der Waals surface area contributed by atoms with Crippen molar-refractivity contribution in [3.8, 4) is 0 Å². The van der Waals surface area contributed by atoms with Crippen LogP contribution in [0.1, 0.15) is 23.6 Å². The fraction of sp³-hybridized carbons (Fsp3) is 0.263. The van der Waals surface area contributed by atoms with Crippen molar-refractivity contribution >= 4 is 11.4 Å². The fourth-order valence-corrected chi connectivity index (χ4v) is 4.35. The van der Waals surface area contributed by atoms with Gasteiger partial charge in [-0.25, -0.2) is 0 Å². The van der Waals surface area contributed by atoms with Crippen LogP contribution in [0.3, 0.4) is 0 Å². The second-order valence-electron chi connectivity index (χ2n) is 6.33. The number of benzene rings is 2. The quantitative estimate of drug-likeness (QED) is 0.716. The zero-order valence-corrected chi connectivity index (χ0v) is 12.4. The lowest BCUT2D eigenvalue weighted by Gasteiger charge is -2.30. The van der Waals surface area contributed by atoms with Crippen LogP contribution in [0.25, 0.3) is 0 Å². The third kappa shape index (κ3) is 1.28. The van der Waals surface area contributed by atoms with Gasteiger partial charge < -0.3 is 9.80 Å². The van der Waals surface area contributed by atoms with Crippen molar-refractivity contribution in [2.45, 2.75) is 32.9 Å². The molecule has 3 heterocycles. The van der Waals surface area contributed by atoms with Crippen molar-refractivity contribution in [2.75, 3.05) is 9.80 Å². The molecule has 0 saturated carbocycles. The smallest absolute Gasteiger partial charge is 0.108 e. The van der Waals surface area contributed by atoms with Crippen LogP contribution in [0.5, 0.6) is 0 Å². The van der Waals surface area contributed by atoms with Gasteiger partial charge in [0.1, 0.15) is 6.17 Å². The summed E-state index contributed by atoms with van der Waals surface area (Å²) in [6.45, 7) is 4.56. The molecule has 0 amide bonds. The third-order valence-electron chi connectivity index (χ3n) is 5.19. The van der Waals surface area contributed by atoms with Crippen LogP contribution in [0.2, 0.25) is 0 Å². The number of aryl methyl sites for hydroxylation is 1. The number of rotatable bonds is 0. The molecule has 0 aliphatic carbocycles. The Kier molecular flexibility index (Phi) is 2.02. The van der Waals surface area contributed by atoms with Gasteiger partial charge in [-0.15, -0.1) is 0 Å². The largest absolute Gasteiger partial charge is 0.322 e. The van der Waals surface area contributed by atoms with Crippen LogP contribution < -0.4 is 9.80 Å². The van der Waals surface area contributed by atoms with E-state index in [1.807, 2.05) is 0 Å². The van der Waals surface area contributed by atoms with Crippen molar-refractivity contribution < 1.29 is 0 Å². The molecule has 1 unspecified atom stereocenters. The summed E-state index contributed by atoms with van der Waals surface area (Å²) in [7, 11) is 0. The van der Waals surface area contributed by atoms with Crippen LogP contribution in [-0.2, 0) is 12.8 Å². The Labute approximate surface area is 125 Å². The molecule has 0 radical (unpaired) electrons. The van der Waals surface area contributed by atoms with Crippen LogP contribution in [0, 0.1) is 6.92 Å². The van der Waals surface area contributed by atoms with Gasteiger partial charge in [0, 0.05) is 35.6 Å². The minimum atomic E-state index is 0.390. The van der Waals surface area contributed by atoms with Crippen LogP contribution >= 0.6 is 0 Å². The predicted octanol–water partition coefficient (Wildman–Crippen LogP) is 3.99. The van der Waals surface area contributed by atoms with Crippen LogP contribution in [0.4, 0.5) is 11.4 Å². The first-order valence-corrected chi connectivity index (χ1v) is 7.72. The number of nitrogens with zero attached hydrogens (tertiary/aromatic N) is 2. The van der Waals surface area contributed by atoms with E-state index in [2.05, 4.69) is 66.1 Å². The van der Waals surface area contributed by atoms with Crippen molar-refractivity contribution in [3.05, 3.63) is 70.5 Å². The molecule has 2 aromatic carbocycles. The molecule has 1 atom stereocenters. The van der Waals surface area contributed by atoms with E-state index in [4.69, 9.17) is 0 Å². The SMILES string of the molecule is Cc1cccc2c1N1C(=C3Cc4ccccc4N3C1C)C2. The molecular weight excluding hydrogens is 256 g/mol. The zero-order chi connectivity index (χ0) is 14.1. The zero-order valence-electron chi connectivity index (χ0n) is 12.4. The molecule has 0 aromatic heterocycles. The summed E-state index contributed by atoms with van der Waals surface area (Å²) >= 11 is 0. The second kappa shape index (κ2) is 3.70. The maximum atomic E-state index is 2.57. The Balaban J connectivity index is 1.71. The van der Waals surface area contributed by atoms with E-state index in [0.717, 1.165) is 12.8 Å². The van der Waals surface area contributed by atoms with E-state index >= 15 is 0 Å². The van der Waals surface area contributed by atoms with Crippen LogP contribution in [-0.4, -0.2) is 6.17 Å². The minimum absolute atomic E-state index is 0.390. The fourth-order valence-electron chi connectivity index (χ4n) is 4.35. The molecule has 3 aliphatic rings. The number of allylic oxidation sites excluding steroid dienone is 2. The highest BCUT2D eigenvalue weighted by Gasteiger charge is 2.44. The maximum absolute atomic E-state index is 2.57. The highest BCUT2D eigenvalue weighted by atomic mass is 15.4.